The highest BCUT2D eigenvalue weighted by atomic mass is 79.9. The van der Waals surface area contributed by atoms with Crippen molar-refractivity contribution in [2.24, 2.45) is 0 Å². The van der Waals surface area contributed by atoms with Crippen LogP contribution in [0.5, 0.6) is 0 Å². The van der Waals surface area contributed by atoms with Gasteiger partial charge >= 0.3 is 0 Å². The van der Waals surface area contributed by atoms with Crippen LogP contribution in [0.3, 0.4) is 0 Å². The molecule has 0 N–H and O–H groups in total. The maximum absolute atomic E-state index is 12.2. The summed E-state index contributed by atoms with van der Waals surface area (Å²) in [6, 6.07) is 0. The van der Waals surface area contributed by atoms with Gasteiger partial charge < -0.3 is 4.90 Å². The van der Waals surface area contributed by atoms with Gasteiger partial charge in [0.25, 0.3) is 6.43 Å². The molecule has 2 rings (SSSR count). The van der Waals surface area contributed by atoms with Gasteiger partial charge in [0.05, 0.1) is 11.9 Å². The van der Waals surface area contributed by atoms with Gasteiger partial charge in [-0.05, 0) is 28.1 Å². The molecule has 0 saturated carbocycles. The van der Waals surface area contributed by atoms with Crippen LogP contribution < -0.4 is 4.90 Å². The van der Waals surface area contributed by atoms with Crippen molar-refractivity contribution in [3.63, 3.8) is 0 Å². The summed E-state index contributed by atoms with van der Waals surface area (Å²) in [7, 11) is 0. The lowest BCUT2D eigenvalue weighted by Gasteiger charge is -2.25. The molecular weight excluding hydrogens is 315 g/mol. The van der Waals surface area contributed by atoms with Crippen molar-refractivity contribution < 1.29 is 8.78 Å². The number of hydrogen-bond donors (Lipinski definition) is 0. The van der Waals surface area contributed by atoms with E-state index in [4.69, 9.17) is 11.6 Å². The van der Waals surface area contributed by atoms with Gasteiger partial charge in [-0.2, -0.15) is 5.10 Å². The average molecular weight is 325 g/mol. The maximum atomic E-state index is 12.2. The van der Waals surface area contributed by atoms with Gasteiger partial charge in [-0.15, -0.1) is 0 Å². The highest BCUT2D eigenvalue weighted by Crippen LogP contribution is 2.26. The molecule has 1 aromatic rings. The Balaban J connectivity index is 2.17. The molecule has 2 heterocycles. The molecule has 0 fully saturated rings. The third-order valence-electron chi connectivity index (χ3n) is 2.19. The number of allylic oxidation sites excluding steroid dienone is 2. The average Bonchev–Trinajstić information content (AvgIpc) is 2.69. The molecule has 0 spiro atoms. The molecule has 1 aliphatic heterocycles. The number of anilines is 1. The minimum absolute atomic E-state index is 0.347. The summed E-state index contributed by atoms with van der Waals surface area (Å²) in [5.74, 6) is 0. The standard InChI is InChI=1S/C10H9BrClF2N3/c11-7-1-2-9(12)17(4-7)8-3-15-16(5-8)6-10(13)14/h1-5,9-10H,6H2. The second-order valence-electron chi connectivity index (χ2n) is 3.46. The van der Waals surface area contributed by atoms with Gasteiger partial charge in [0.1, 0.15) is 12.0 Å². The highest BCUT2D eigenvalue weighted by Gasteiger charge is 2.17. The lowest BCUT2D eigenvalue weighted by Crippen LogP contribution is -2.25. The fourth-order valence-corrected chi connectivity index (χ4v) is 2.07. The summed E-state index contributed by atoms with van der Waals surface area (Å²) >= 11 is 9.41. The quantitative estimate of drug-likeness (QED) is 0.628. The van der Waals surface area contributed by atoms with Crippen LogP contribution in [0.1, 0.15) is 0 Å². The van der Waals surface area contributed by atoms with Crippen molar-refractivity contribution in [1.82, 2.24) is 9.78 Å². The Morgan fingerprint density at radius 2 is 2.29 bits per heavy atom. The normalized spacial score (nSPS) is 19.9. The van der Waals surface area contributed by atoms with E-state index < -0.39 is 13.0 Å². The van der Waals surface area contributed by atoms with Gasteiger partial charge in [-0.25, -0.2) is 8.78 Å². The third-order valence-corrected chi connectivity index (χ3v) is 3.01. The van der Waals surface area contributed by atoms with Gasteiger partial charge in [0.2, 0.25) is 0 Å². The summed E-state index contributed by atoms with van der Waals surface area (Å²) < 4.78 is 26.4. The summed E-state index contributed by atoms with van der Waals surface area (Å²) in [5, 5.41) is 3.86. The topological polar surface area (TPSA) is 21.1 Å². The molecule has 17 heavy (non-hydrogen) atoms. The first-order chi connectivity index (χ1) is 8.06. The smallest absolute Gasteiger partial charge is 0.257 e. The third kappa shape index (κ3) is 3.07. The minimum atomic E-state index is -2.42. The molecule has 0 saturated heterocycles. The highest BCUT2D eigenvalue weighted by molar-refractivity contribution is 9.11. The number of aromatic nitrogens is 2. The van der Waals surface area contributed by atoms with E-state index in [1.54, 1.807) is 17.2 Å². The molecule has 92 valence electrons. The predicted molar refractivity (Wildman–Crippen MR) is 66.5 cm³/mol. The molecule has 0 aliphatic carbocycles. The Bertz CT molecular complexity index is 458. The van der Waals surface area contributed by atoms with Crippen molar-refractivity contribution in [2.75, 3.05) is 4.90 Å². The zero-order valence-corrected chi connectivity index (χ0v) is 10.9. The second kappa shape index (κ2) is 5.18. The summed E-state index contributed by atoms with van der Waals surface area (Å²) in [5.41, 5.74) is 0.326. The monoisotopic (exact) mass is 323 g/mol. The Kier molecular flexibility index (Phi) is 3.83. The Hall–Kier alpha value is -0.880. The molecule has 0 radical (unpaired) electrons. The van der Waals surface area contributed by atoms with Gasteiger partial charge in [-0.1, -0.05) is 11.6 Å². The Labute approximate surface area is 110 Å². The summed E-state index contributed by atoms with van der Waals surface area (Å²) in [6.07, 6.45) is 6.03. The number of alkyl halides is 3. The first-order valence-electron chi connectivity index (χ1n) is 4.85. The van der Waals surface area contributed by atoms with Crippen molar-refractivity contribution in [2.45, 2.75) is 18.5 Å². The minimum Gasteiger partial charge on any atom is -0.324 e. The molecule has 0 bridgehead atoms. The molecule has 1 aromatic heterocycles. The molecule has 3 nitrogen and oxygen atoms in total. The fourth-order valence-electron chi connectivity index (χ4n) is 1.46. The molecular formula is C10H9BrClF2N3. The fraction of sp³-hybridized carbons (Fsp3) is 0.300. The van der Waals surface area contributed by atoms with Crippen LogP contribution in [0, 0.1) is 0 Å². The molecule has 1 atom stereocenters. The zero-order chi connectivity index (χ0) is 12.4. The molecule has 7 heteroatoms. The van der Waals surface area contributed by atoms with E-state index in [1.165, 1.54) is 17.1 Å². The molecule has 0 amide bonds. The molecule has 1 unspecified atom stereocenters. The van der Waals surface area contributed by atoms with Crippen molar-refractivity contribution >= 4 is 33.2 Å². The van der Waals surface area contributed by atoms with E-state index in [9.17, 15) is 8.78 Å². The van der Waals surface area contributed by atoms with Crippen LogP contribution in [0.25, 0.3) is 0 Å². The largest absolute Gasteiger partial charge is 0.324 e. The van der Waals surface area contributed by atoms with E-state index in [0.717, 1.165) is 4.48 Å². The zero-order valence-electron chi connectivity index (χ0n) is 8.60. The summed E-state index contributed by atoms with van der Waals surface area (Å²) in [6.45, 7) is -0.415. The van der Waals surface area contributed by atoms with Crippen LogP contribution in [0.2, 0.25) is 0 Å². The first kappa shape index (κ1) is 12.6. The SMILES string of the molecule is FC(F)Cn1cc(N2C=C(Br)C=CC2Cl)cn1. The number of rotatable bonds is 3. The predicted octanol–water partition coefficient (Wildman–Crippen LogP) is 3.33. The molecule has 0 aromatic carbocycles. The number of halogens is 4. The lowest BCUT2D eigenvalue weighted by atomic mass is 10.3. The van der Waals surface area contributed by atoms with Crippen molar-refractivity contribution in [1.29, 1.82) is 0 Å². The van der Waals surface area contributed by atoms with Gasteiger partial charge in [-0.3, -0.25) is 4.68 Å². The van der Waals surface area contributed by atoms with Crippen LogP contribution in [0.15, 0.2) is 35.2 Å². The maximum Gasteiger partial charge on any atom is 0.257 e. The van der Waals surface area contributed by atoms with E-state index in [0.29, 0.717) is 5.69 Å². The van der Waals surface area contributed by atoms with E-state index in [-0.39, 0.29) is 5.50 Å². The van der Waals surface area contributed by atoms with E-state index in [1.807, 2.05) is 6.08 Å². The second-order valence-corrected chi connectivity index (χ2v) is 4.83. The van der Waals surface area contributed by atoms with E-state index >= 15 is 0 Å². The van der Waals surface area contributed by atoms with Crippen LogP contribution in [-0.4, -0.2) is 21.7 Å². The number of nitrogens with zero attached hydrogens (tertiary/aromatic N) is 3. The first-order valence-corrected chi connectivity index (χ1v) is 6.08. The van der Waals surface area contributed by atoms with E-state index in [2.05, 4.69) is 21.0 Å². The van der Waals surface area contributed by atoms with Crippen molar-refractivity contribution in [3.05, 3.63) is 35.2 Å². The van der Waals surface area contributed by atoms with Gasteiger partial charge in [0.15, 0.2) is 0 Å². The lowest BCUT2D eigenvalue weighted by molar-refractivity contribution is 0.122. The Morgan fingerprint density at radius 1 is 1.53 bits per heavy atom. The van der Waals surface area contributed by atoms with Crippen LogP contribution in [-0.2, 0) is 6.54 Å². The Morgan fingerprint density at radius 3 is 3.00 bits per heavy atom. The molecule has 1 aliphatic rings. The van der Waals surface area contributed by atoms with Crippen LogP contribution in [0.4, 0.5) is 14.5 Å². The number of hydrogen-bond acceptors (Lipinski definition) is 2. The van der Waals surface area contributed by atoms with Crippen molar-refractivity contribution in [3.8, 4) is 0 Å². The summed E-state index contributed by atoms with van der Waals surface area (Å²) in [4.78, 5) is 1.74. The van der Waals surface area contributed by atoms with Gasteiger partial charge in [0, 0.05) is 16.9 Å². The van der Waals surface area contributed by atoms with Crippen LogP contribution >= 0.6 is 27.5 Å².